The molecule has 1 saturated heterocycles. The lowest BCUT2D eigenvalue weighted by atomic mass is 9.77. The van der Waals surface area contributed by atoms with Crippen LogP contribution in [-0.2, 0) is 0 Å². The van der Waals surface area contributed by atoms with Crippen LogP contribution in [0.2, 0.25) is 0 Å². The molecule has 0 bridgehead atoms. The molecule has 0 amide bonds. The highest BCUT2D eigenvalue weighted by Gasteiger charge is 2.36. The van der Waals surface area contributed by atoms with Crippen LogP contribution in [0.5, 0.6) is 0 Å². The van der Waals surface area contributed by atoms with Crippen molar-refractivity contribution in [1.29, 1.82) is 0 Å². The number of hydrogen-bond donors (Lipinski definition) is 0. The van der Waals surface area contributed by atoms with Crippen LogP contribution in [-0.4, -0.2) is 23.5 Å². The molecule has 0 aliphatic carbocycles. The van der Waals surface area contributed by atoms with E-state index in [4.69, 9.17) is 0 Å². The quantitative estimate of drug-likeness (QED) is 0.684. The van der Waals surface area contributed by atoms with Crippen molar-refractivity contribution >= 4 is 0 Å². The van der Waals surface area contributed by atoms with Gasteiger partial charge in [-0.3, -0.25) is 4.90 Å². The van der Waals surface area contributed by atoms with Gasteiger partial charge in [0, 0.05) is 18.6 Å². The average molecular weight is 253 g/mol. The van der Waals surface area contributed by atoms with E-state index < -0.39 is 0 Å². The van der Waals surface area contributed by atoms with Gasteiger partial charge in [-0.2, -0.15) is 0 Å². The zero-order valence-corrected chi connectivity index (χ0v) is 13.8. The smallest absolute Gasteiger partial charge is 0.0158 e. The summed E-state index contributed by atoms with van der Waals surface area (Å²) in [5.41, 5.74) is 0.768. The molecular formula is C17H35N. The van der Waals surface area contributed by atoms with Gasteiger partial charge in [0.05, 0.1) is 0 Å². The molecular weight excluding hydrogens is 218 g/mol. The first-order valence-corrected chi connectivity index (χ1v) is 7.93. The molecule has 2 unspecified atom stereocenters. The lowest BCUT2D eigenvalue weighted by molar-refractivity contribution is 0.0119. The first-order chi connectivity index (χ1) is 8.18. The second kappa shape index (κ2) is 5.94. The van der Waals surface area contributed by atoms with E-state index in [-0.39, 0.29) is 0 Å². The second-order valence-electron chi connectivity index (χ2n) is 8.24. The lowest BCUT2D eigenvalue weighted by Crippen LogP contribution is -2.53. The first kappa shape index (κ1) is 16.0. The predicted octanol–water partition coefficient (Wildman–Crippen LogP) is 4.96. The van der Waals surface area contributed by atoms with Crippen molar-refractivity contribution in [2.75, 3.05) is 13.1 Å². The number of rotatable bonds is 4. The Labute approximate surface area is 115 Å². The molecule has 0 spiro atoms. The van der Waals surface area contributed by atoms with Crippen LogP contribution >= 0.6 is 0 Å². The summed E-state index contributed by atoms with van der Waals surface area (Å²) in [6.45, 7) is 19.3. The Morgan fingerprint density at radius 3 is 1.67 bits per heavy atom. The van der Waals surface area contributed by atoms with Crippen LogP contribution in [0.15, 0.2) is 0 Å². The summed E-state index contributed by atoms with van der Waals surface area (Å²) < 4.78 is 0. The van der Waals surface area contributed by atoms with Crippen molar-refractivity contribution in [3.63, 3.8) is 0 Å². The second-order valence-corrected chi connectivity index (χ2v) is 8.24. The monoisotopic (exact) mass is 253 g/mol. The van der Waals surface area contributed by atoms with Crippen molar-refractivity contribution in [2.24, 2.45) is 17.3 Å². The summed E-state index contributed by atoms with van der Waals surface area (Å²) in [6, 6.07) is 0. The molecule has 2 atom stereocenters. The molecule has 1 aliphatic rings. The van der Waals surface area contributed by atoms with Gasteiger partial charge in [0.15, 0.2) is 0 Å². The third-order valence-electron chi connectivity index (χ3n) is 4.60. The fourth-order valence-electron chi connectivity index (χ4n) is 3.81. The molecule has 1 aliphatic heterocycles. The average Bonchev–Trinajstić information content (AvgIpc) is 2.25. The third kappa shape index (κ3) is 4.57. The minimum atomic E-state index is 0.347. The molecule has 0 N–H and O–H groups in total. The number of hydrogen-bond acceptors (Lipinski definition) is 1. The fourth-order valence-corrected chi connectivity index (χ4v) is 3.81. The topological polar surface area (TPSA) is 3.24 Å². The van der Waals surface area contributed by atoms with E-state index in [9.17, 15) is 0 Å². The predicted molar refractivity (Wildman–Crippen MR) is 81.9 cm³/mol. The highest BCUT2D eigenvalue weighted by atomic mass is 15.2. The minimum Gasteiger partial charge on any atom is -0.298 e. The molecule has 1 heteroatoms. The van der Waals surface area contributed by atoms with Crippen LogP contribution in [0, 0.1) is 17.3 Å². The van der Waals surface area contributed by atoms with Gasteiger partial charge in [-0.1, -0.05) is 47.5 Å². The van der Waals surface area contributed by atoms with Gasteiger partial charge in [-0.15, -0.1) is 0 Å². The van der Waals surface area contributed by atoms with Crippen molar-refractivity contribution in [1.82, 2.24) is 4.90 Å². The summed E-state index contributed by atoms with van der Waals surface area (Å²) in [5, 5.41) is 0. The maximum absolute atomic E-state index is 2.78. The van der Waals surface area contributed by atoms with E-state index in [0.29, 0.717) is 11.0 Å². The standard InChI is InChI=1S/C17H35N/c1-8-14-10-15(9-2)12-18(11-14)17(6,7)13-16(3,4)5/h14-15H,8-13H2,1-7H3. The van der Waals surface area contributed by atoms with Crippen LogP contribution in [0.4, 0.5) is 0 Å². The Hall–Kier alpha value is -0.0400. The van der Waals surface area contributed by atoms with Crippen molar-refractivity contribution < 1.29 is 0 Å². The molecule has 108 valence electrons. The molecule has 0 aromatic rings. The normalized spacial score (nSPS) is 27.5. The molecule has 0 aromatic carbocycles. The Kier molecular flexibility index (Phi) is 5.29. The van der Waals surface area contributed by atoms with Crippen molar-refractivity contribution in [2.45, 2.75) is 79.7 Å². The molecule has 18 heavy (non-hydrogen) atoms. The van der Waals surface area contributed by atoms with Crippen LogP contribution in [0.3, 0.4) is 0 Å². The van der Waals surface area contributed by atoms with Gasteiger partial charge >= 0.3 is 0 Å². The summed E-state index contributed by atoms with van der Waals surface area (Å²) in [4.78, 5) is 2.78. The molecule has 1 fully saturated rings. The molecule has 0 saturated carbocycles. The summed E-state index contributed by atoms with van der Waals surface area (Å²) in [5.74, 6) is 1.84. The van der Waals surface area contributed by atoms with Gasteiger partial charge in [0.2, 0.25) is 0 Å². The Morgan fingerprint density at radius 2 is 1.33 bits per heavy atom. The van der Waals surface area contributed by atoms with Gasteiger partial charge in [0.25, 0.3) is 0 Å². The zero-order valence-electron chi connectivity index (χ0n) is 13.8. The molecule has 0 radical (unpaired) electrons. The van der Waals surface area contributed by atoms with E-state index in [2.05, 4.69) is 53.4 Å². The summed E-state index contributed by atoms with van der Waals surface area (Å²) >= 11 is 0. The lowest BCUT2D eigenvalue weighted by Gasteiger charge is -2.48. The number of likely N-dealkylation sites (tertiary alicyclic amines) is 1. The Balaban J connectivity index is 2.73. The van der Waals surface area contributed by atoms with E-state index in [0.717, 1.165) is 11.8 Å². The van der Waals surface area contributed by atoms with Crippen LogP contribution < -0.4 is 0 Å². The highest BCUT2D eigenvalue weighted by Crippen LogP contribution is 2.36. The Morgan fingerprint density at radius 1 is 0.889 bits per heavy atom. The summed E-state index contributed by atoms with van der Waals surface area (Å²) in [7, 11) is 0. The van der Waals surface area contributed by atoms with Crippen molar-refractivity contribution in [3.05, 3.63) is 0 Å². The minimum absolute atomic E-state index is 0.347. The van der Waals surface area contributed by atoms with Crippen LogP contribution in [0.1, 0.15) is 74.1 Å². The molecule has 1 nitrogen and oxygen atoms in total. The van der Waals surface area contributed by atoms with E-state index in [1.807, 2.05) is 0 Å². The maximum atomic E-state index is 2.78. The van der Waals surface area contributed by atoms with E-state index in [1.54, 1.807) is 0 Å². The summed E-state index contributed by atoms with van der Waals surface area (Å²) in [6.07, 6.45) is 5.43. The van der Waals surface area contributed by atoms with Gasteiger partial charge < -0.3 is 0 Å². The largest absolute Gasteiger partial charge is 0.298 e. The molecule has 1 heterocycles. The maximum Gasteiger partial charge on any atom is 0.0158 e. The SMILES string of the molecule is CCC1CC(CC)CN(C(C)(C)CC(C)(C)C)C1. The van der Waals surface area contributed by atoms with Crippen molar-refractivity contribution in [3.8, 4) is 0 Å². The third-order valence-corrected chi connectivity index (χ3v) is 4.60. The van der Waals surface area contributed by atoms with Gasteiger partial charge in [-0.25, -0.2) is 0 Å². The first-order valence-electron chi connectivity index (χ1n) is 7.93. The van der Waals surface area contributed by atoms with Gasteiger partial charge in [-0.05, 0) is 43.9 Å². The zero-order chi connectivity index (χ0) is 14.0. The van der Waals surface area contributed by atoms with Crippen LogP contribution in [0.25, 0.3) is 0 Å². The fraction of sp³-hybridized carbons (Fsp3) is 1.00. The number of piperidine rings is 1. The van der Waals surface area contributed by atoms with Gasteiger partial charge in [0.1, 0.15) is 0 Å². The number of nitrogens with zero attached hydrogens (tertiary/aromatic N) is 1. The highest BCUT2D eigenvalue weighted by molar-refractivity contribution is 4.91. The van der Waals surface area contributed by atoms with E-state index in [1.165, 1.54) is 38.8 Å². The van der Waals surface area contributed by atoms with E-state index >= 15 is 0 Å². The molecule has 0 aromatic heterocycles. The molecule has 1 rings (SSSR count). The Bertz CT molecular complexity index is 237.